The van der Waals surface area contributed by atoms with Crippen molar-refractivity contribution in [3.8, 4) is 5.75 Å². The summed E-state index contributed by atoms with van der Waals surface area (Å²) in [6.45, 7) is 3.71. The van der Waals surface area contributed by atoms with Crippen LogP contribution in [0.3, 0.4) is 0 Å². The van der Waals surface area contributed by atoms with Crippen molar-refractivity contribution in [2.24, 2.45) is 11.7 Å². The molecular weight excluding hydrogens is 654 g/mol. The maximum absolute atomic E-state index is 13.7. The Bertz CT molecular complexity index is 1410. The molecule has 14 nitrogen and oxygen atoms in total. The number of hydrogen-bond donors (Lipinski definition) is 8. The number of aromatic hydroxyl groups is 1. The van der Waals surface area contributed by atoms with Gasteiger partial charge in [-0.05, 0) is 66.9 Å². The summed E-state index contributed by atoms with van der Waals surface area (Å²) in [7, 11) is 0. The van der Waals surface area contributed by atoms with E-state index in [4.69, 9.17) is 5.73 Å². The second-order valence-electron chi connectivity index (χ2n) is 12.1. The molecule has 0 heterocycles. The molecule has 2 aromatic carbocycles. The first kappa shape index (κ1) is 40.5. The molecule has 49 heavy (non-hydrogen) atoms. The van der Waals surface area contributed by atoms with E-state index in [1.165, 1.54) is 23.9 Å². The Hall–Kier alpha value is -4.63. The van der Waals surface area contributed by atoms with E-state index >= 15 is 0 Å². The van der Waals surface area contributed by atoms with Crippen molar-refractivity contribution in [3.05, 3.63) is 65.7 Å². The molecule has 9 N–H and O–H groups in total. The van der Waals surface area contributed by atoms with Crippen LogP contribution in [0.5, 0.6) is 5.75 Å². The van der Waals surface area contributed by atoms with Gasteiger partial charge < -0.3 is 42.3 Å². The van der Waals surface area contributed by atoms with Gasteiger partial charge >= 0.3 is 11.9 Å². The van der Waals surface area contributed by atoms with Crippen LogP contribution in [0, 0.1) is 5.92 Å². The molecular formula is C34H47N5O9S. The number of carboxylic acids is 2. The van der Waals surface area contributed by atoms with Gasteiger partial charge in [0.05, 0.1) is 6.04 Å². The van der Waals surface area contributed by atoms with E-state index in [9.17, 15) is 44.1 Å². The summed E-state index contributed by atoms with van der Waals surface area (Å²) in [5, 5.41) is 38.6. The zero-order valence-corrected chi connectivity index (χ0v) is 28.7. The molecule has 0 bridgehead atoms. The van der Waals surface area contributed by atoms with Crippen LogP contribution < -0.4 is 27.0 Å². The van der Waals surface area contributed by atoms with Gasteiger partial charge in [-0.2, -0.15) is 11.8 Å². The van der Waals surface area contributed by atoms with E-state index in [1.54, 1.807) is 48.7 Å². The maximum Gasteiger partial charge on any atom is 0.326 e. The number of carbonyl (C=O) groups excluding carboxylic acids is 4. The number of hydrogen-bond acceptors (Lipinski definition) is 9. The third kappa shape index (κ3) is 15.0. The van der Waals surface area contributed by atoms with Crippen molar-refractivity contribution in [2.75, 3.05) is 12.0 Å². The van der Waals surface area contributed by atoms with Crippen LogP contribution in [-0.4, -0.2) is 93.1 Å². The lowest BCUT2D eigenvalue weighted by molar-refractivity contribution is -0.143. The van der Waals surface area contributed by atoms with Crippen molar-refractivity contribution >= 4 is 47.3 Å². The van der Waals surface area contributed by atoms with Gasteiger partial charge in [0.25, 0.3) is 0 Å². The molecule has 0 radical (unpaired) electrons. The van der Waals surface area contributed by atoms with Crippen LogP contribution in [0.1, 0.15) is 50.7 Å². The Balaban J connectivity index is 2.29. The fourth-order valence-corrected chi connectivity index (χ4v) is 5.34. The third-order valence-corrected chi connectivity index (χ3v) is 8.13. The number of phenolic OH excluding ortho intramolecular Hbond substituents is 1. The first-order chi connectivity index (χ1) is 23.2. The standard InChI is InChI=1S/C34H47N5O9S/c1-20(2)17-27(38-30(43)24(35)18-22-9-11-23(40)12-10-22)32(45)39-28(19-21-7-5-4-6-8-21)33(46)36-25(13-14-29(41)42)31(44)37-26(34(47)48)15-16-49-3/h4-12,20,24-28,40H,13-19,35H2,1-3H3,(H,36,46)(H,37,44)(H,38,43)(H,39,45)(H,41,42)(H,47,48)/t24-,25-,26-,27-,28-/m0/s1. The van der Waals surface area contributed by atoms with Crippen LogP contribution in [0.15, 0.2) is 54.6 Å². The third-order valence-electron chi connectivity index (χ3n) is 7.49. The highest BCUT2D eigenvalue weighted by Gasteiger charge is 2.32. The summed E-state index contributed by atoms with van der Waals surface area (Å²) in [6.07, 6.45) is 1.39. The SMILES string of the molecule is CSCC[C@H](NC(=O)[C@H](CCC(=O)O)NC(=O)[C@H](Cc1ccccc1)NC(=O)[C@H](CC(C)C)NC(=O)[C@@H](N)Cc1ccc(O)cc1)C(=O)O. The van der Waals surface area contributed by atoms with Crippen molar-refractivity contribution < 1.29 is 44.1 Å². The van der Waals surface area contributed by atoms with Crippen LogP contribution in [0.2, 0.25) is 0 Å². The van der Waals surface area contributed by atoms with Crippen molar-refractivity contribution in [1.82, 2.24) is 21.3 Å². The van der Waals surface area contributed by atoms with E-state index < -0.39 is 72.2 Å². The van der Waals surface area contributed by atoms with Crippen LogP contribution in [-0.2, 0) is 41.6 Å². The summed E-state index contributed by atoms with van der Waals surface area (Å²) in [5.74, 6) is -5.02. The van der Waals surface area contributed by atoms with Gasteiger partial charge in [0, 0.05) is 12.8 Å². The molecule has 4 amide bonds. The Morgan fingerprint density at radius 2 is 1.22 bits per heavy atom. The number of nitrogens with two attached hydrogens (primary N) is 1. The summed E-state index contributed by atoms with van der Waals surface area (Å²) >= 11 is 1.39. The predicted molar refractivity (Wildman–Crippen MR) is 185 cm³/mol. The minimum atomic E-state index is -1.42. The summed E-state index contributed by atoms with van der Waals surface area (Å²) in [5.41, 5.74) is 7.51. The summed E-state index contributed by atoms with van der Waals surface area (Å²) in [4.78, 5) is 76.8. The molecule has 0 saturated carbocycles. The van der Waals surface area contributed by atoms with Crippen LogP contribution in [0.25, 0.3) is 0 Å². The Kier molecular flexibility index (Phi) is 17.1. The number of benzene rings is 2. The first-order valence-corrected chi connectivity index (χ1v) is 17.3. The second kappa shape index (κ2) is 20.7. The summed E-state index contributed by atoms with van der Waals surface area (Å²) in [6, 6.07) is 8.89. The summed E-state index contributed by atoms with van der Waals surface area (Å²) < 4.78 is 0. The number of rotatable bonds is 21. The van der Waals surface area contributed by atoms with Crippen molar-refractivity contribution in [2.45, 2.75) is 82.6 Å². The van der Waals surface area contributed by atoms with Gasteiger partial charge in [0.2, 0.25) is 23.6 Å². The second-order valence-corrected chi connectivity index (χ2v) is 13.1. The van der Waals surface area contributed by atoms with Gasteiger partial charge in [-0.25, -0.2) is 4.79 Å². The van der Waals surface area contributed by atoms with Gasteiger partial charge in [0.1, 0.15) is 29.9 Å². The fourth-order valence-electron chi connectivity index (χ4n) is 4.87. The minimum Gasteiger partial charge on any atom is -0.508 e. The normalized spacial score (nSPS) is 14.1. The molecule has 0 aromatic heterocycles. The number of phenols is 1. The lowest BCUT2D eigenvalue weighted by Gasteiger charge is -2.27. The molecule has 0 aliphatic heterocycles. The molecule has 0 saturated heterocycles. The number of carboxylic acid groups (broad SMARTS) is 2. The monoisotopic (exact) mass is 701 g/mol. The zero-order valence-electron chi connectivity index (χ0n) is 27.9. The average molecular weight is 702 g/mol. The van der Waals surface area contributed by atoms with Crippen LogP contribution in [0.4, 0.5) is 0 Å². The number of nitrogens with one attached hydrogen (secondary N) is 4. The number of aliphatic carboxylic acids is 2. The number of amides is 4. The zero-order chi connectivity index (χ0) is 36.5. The van der Waals surface area contributed by atoms with E-state index in [0.29, 0.717) is 16.9 Å². The Morgan fingerprint density at radius 3 is 1.80 bits per heavy atom. The molecule has 0 spiro atoms. The quantitative estimate of drug-likeness (QED) is 0.0920. The molecule has 0 unspecified atom stereocenters. The molecule has 2 rings (SSSR count). The largest absolute Gasteiger partial charge is 0.508 e. The average Bonchev–Trinajstić information content (AvgIpc) is 3.05. The van der Waals surface area contributed by atoms with E-state index in [2.05, 4.69) is 21.3 Å². The van der Waals surface area contributed by atoms with Gasteiger partial charge in [0.15, 0.2) is 0 Å². The topological polar surface area (TPSA) is 237 Å². The Labute approximate surface area is 290 Å². The highest BCUT2D eigenvalue weighted by atomic mass is 32.2. The highest BCUT2D eigenvalue weighted by Crippen LogP contribution is 2.13. The highest BCUT2D eigenvalue weighted by molar-refractivity contribution is 7.98. The van der Waals surface area contributed by atoms with E-state index in [1.807, 2.05) is 13.8 Å². The minimum absolute atomic E-state index is 0.0140. The molecule has 0 fully saturated rings. The van der Waals surface area contributed by atoms with E-state index in [0.717, 1.165) is 0 Å². The molecule has 268 valence electrons. The lowest BCUT2D eigenvalue weighted by Crippen LogP contribution is -2.59. The fraction of sp³-hybridized carbons (Fsp3) is 0.471. The molecule has 2 aromatic rings. The van der Waals surface area contributed by atoms with Gasteiger partial charge in [-0.3, -0.25) is 24.0 Å². The number of thioether (sulfide) groups is 1. The van der Waals surface area contributed by atoms with Gasteiger partial charge in [-0.1, -0.05) is 56.3 Å². The van der Waals surface area contributed by atoms with Crippen molar-refractivity contribution in [3.63, 3.8) is 0 Å². The van der Waals surface area contributed by atoms with E-state index in [-0.39, 0.29) is 43.8 Å². The molecule has 5 atom stereocenters. The molecule has 0 aliphatic carbocycles. The number of carbonyl (C=O) groups is 6. The predicted octanol–water partition coefficient (Wildman–Crippen LogP) is 1.19. The maximum atomic E-state index is 13.7. The van der Waals surface area contributed by atoms with Crippen molar-refractivity contribution in [1.29, 1.82) is 0 Å². The molecule has 0 aliphatic rings. The smallest absolute Gasteiger partial charge is 0.326 e. The Morgan fingerprint density at radius 1 is 0.694 bits per heavy atom. The first-order valence-electron chi connectivity index (χ1n) is 15.9. The lowest BCUT2D eigenvalue weighted by atomic mass is 9.99. The van der Waals surface area contributed by atoms with Gasteiger partial charge in [-0.15, -0.1) is 0 Å². The van der Waals surface area contributed by atoms with Crippen LogP contribution >= 0.6 is 11.8 Å². The molecule has 15 heteroatoms.